The van der Waals surface area contributed by atoms with Crippen molar-refractivity contribution in [3.05, 3.63) is 70.3 Å². The molecule has 0 radical (unpaired) electrons. The third kappa shape index (κ3) is 3.66. The van der Waals surface area contributed by atoms with Crippen molar-refractivity contribution in [3.63, 3.8) is 0 Å². The molecule has 0 fully saturated rings. The molecule has 0 atom stereocenters. The van der Waals surface area contributed by atoms with Gasteiger partial charge in [0.25, 0.3) is 0 Å². The molecular formula is C27H34O2. The summed E-state index contributed by atoms with van der Waals surface area (Å²) < 4.78 is 0. The molecular weight excluding hydrogens is 356 g/mol. The van der Waals surface area contributed by atoms with Crippen molar-refractivity contribution in [2.75, 3.05) is 0 Å². The highest BCUT2D eigenvalue weighted by molar-refractivity contribution is 5.88. The van der Waals surface area contributed by atoms with Gasteiger partial charge < -0.3 is 5.11 Å². The summed E-state index contributed by atoms with van der Waals surface area (Å²) in [6.07, 6.45) is 8.17. The van der Waals surface area contributed by atoms with Crippen LogP contribution in [-0.2, 0) is 10.8 Å². The van der Waals surface area contributed by atoms with Crippen molar-refractivity contribution >= 4 is 17.6 Å². The van der Waals surface area contributed by atoms with Gasteiger partial charge in [-0.1, -0.05) is 64.1 Å². The summed E-state index contributed by atoms with van der Waals surface area (Å²) in [7, 11) is 0. The molecule has 0 aromatic heterocycles. The van der Waals surface area contributed by atoms with E-state index in [9.17, 15) is 4.79 Å². The summed E-state index contributed by atoms with van der Waals surface area (Å²) in [4.78, 5) is 11.1. The predicted molar refractivity (Wildman–Crippen MR) is 123 cm³/mol. The number of carboxylic acid groups (broad SMARTS) is 1. The summed E-state index contributed by atoms with van der Waals surface area (Å²) in [5.74, 6) is -0.887. The molecule has 2 heteroatoms. The Bertz CT molecular complexity index is 910. The molecule has 0 saturated carbocycles. The molecule has 3 rings (SSSR count). The number of rotatable bonds is 7. The Balaban J connectivity index is 2.03. The quantitative estimate of drug-likeness (QED) is 0.498. The van der Waals surface area contributed by atoms with Gasteiger partial charge in [-0.05, 0) is 89.8 Å². The number of hydrogen-bond donors (Lipinski definition) is 1. The zero-order valence-electron chi connectivity index (χ0n) is 18.5. The average Bonchev–Trinajstić information content (AvgIpc) is 3.04. The van der Waals surface area contributed by atoms with Crippen LogP contribution in [0.3, 0.4) is 0 Å². The van der Waals surface area contributed by atoms with Crippen LogP contribution in [0.2, 0.25) is 0 Å². The normalized spacial score (nSPS) is 17.2. The Morgan fingerprint density at radius 2 is 1.38 bits per heavy atom. The van der Waals surface area contributed by atoms with E-state index in [-0.39, 0.29) is 5.41 Å². The van der Waals surface area contributed by atoms with E-state index in [4.69, 9.17) is 5.11 Å². The summed E-state index contributed by atoms with van der Waals surface area (Å²) in [5, 5.41) is 9.09. The maximum Gasteiger partial charge on any atom is 0.335 e. The van der Waals surface area contributed by atoms with E-state index in [1.54, 1.807) is 23.3 Å². The van der Waals surface area contributed by atoms with Gasteiger partial charge in [0.15, 0.2) is 0 Å². The Morgan fingerprint density at radius 1 is 0.862 bits per heavy atom. The van der Waals surface area contributed by atoms with E-state index in [2.05, 4.69) is 58.9 Å². The minimum atomic E-state index is -0.887. The van der Waals surface area contributed by atoms with Crippen LogP contribution in [-0.4, -0.2) is 11.1 Å². The van der Waals surface area contributed by atoms with Crippen LogP contribution in [0.5, 0.6) is 0 Å². The molecule has 0 unspecified atom stereocenters. The van der Waals surface area contributed by atoms with Crippen LogP contribution in [0.1, 0.15) is 99.3 Å². The molecule has 0 spiro atoms. The standard InChI is InChI=1S/C27H34O2/c1-6-26(7-2)18-27(8-3,9-4)24-17-22(14-15-23(24)26)19(5)16-20-10-12-21(13-11-20)25(28)29/h10-17H,6-9,18H2,1-5H3,(H,28,29)/b19-16+. The van der Waals surface area contributed by atoms with Crippen molar-refractivity contribution in [3.8, 4) is 0 Å². The Kier molecular flexibility index (Phi) is 6.03. The Hall–Kier alpha value is -2.35. The van der Waals surface area contributed by atoms with Gasteiger partial charge in [-0.2, -0.15) is 0 Å². The third-order valence-electron chi connectivity index (χ3n) is 7.54. The minimum Gasteiger partial charge on any atom is -0.478 e. The number of fused-ring (bicyclic) bond motifs is 1. The molecule has 0 aliphatic heterocycles. The number of allylic oxidation sites excluding steroid dienone is 1. The first-order valence-electron chi connectivity index (χ1n) is 11.0. The SMILES string of the molecule is CCC1(CC)CC(CC)(CC)c2cc(/C(C)=C/c3ccc(C(=O)O)cc3)ccc21. The summed E-state index contributed by atoms with van der Waals surface area (Å²) >= 11 is 0. The number of benzene rings is 2. The molecule has 0 heterocycles. The molecule has 1 aliphatic carbocycles. The molecule has 2 aromatic carbocycles. The predicted octanol–water partition coefficient (Wildman–Crippen LogP) is 7.46. The van der Waals surface area contributed by atoms with Gasteiger partial charge in [0, 0.05) is 0 Å². The van der Waals surface area contributed by atoms with Crippen molar-refractivity contribution in [1.29, 1.82) is 0 Å². The van der Waals surface area contributed by atoms with E-state index < -0.39 is 5.97 Å². The van der Waals surface area contributed by atoms with Gasteiger partial charge in [-0.15, -0.1) is 0 Å². The highest BCUT2D eigenvalue weighted by Crippen LogP contribution is 2.56. The first-order chi connectivity index (χ1) is 13.8. The summed E-state index contributed by atoms with van der Waals surface area (Å²) in [6.45, 7) is 11.5. The molecule has 29 heavy (non-hydrogen) atoms. The topological polar surface area (TPSA) is 37.3 Å². The van der Waals surface area contributed by atoms with Gasteiger partial charge in [0.05, 0.1) is 5.56 Å². The van der Waals surface area contributed by atoms with E-state index in [0.29, 0.717) is 11.0 Å². The number of hydrogen-bond acceptors (Lipinski definition) is 1. The smallest absolute Gasteiger partial charge is 0.335 e. The number of aromatic carboxylic acids is 1. The fourth-order valence-electron chi connectivity index (χ4n) is 5.35. The van der Waals surface area contributed by atoms with Gasteiger partial charge in [-0.25, -0.2) is 4.79 Å². The van der Waals surface area contributed by atoms with Crippen LogP contribution in [0.4, 0.5) is 0 Å². The minimum absolute atomic E-state index is 0.279. The molecule has 1 aliphatic rings. The van der Waals surface area contributed by atoms with Crippen LogP contribution in [0.25, 0.3) is 11.6 Å². The lowest BCUT2D eigenvalue weighted by atomic mass is 9.71. The van der Waals surface area contributed by atoms with E-state index in [1.807, 2.05) is 12.1 Å². The molecule has 2 aromatic rings. The largest absolute Gasteiger partial charge is 0.478 e. The zero-order chi connectivity index (χ0) is 21.2. The third-order valence-corrected chi connectivity index (χ3v) is 7.54. The fourth-order valence-corrected chi connectivity index (χ4v) is 5.35. The number of carbonyl (C=O) groups is 1. The lowest BCUT2D eigenvalue weighted by Crippen LogP contribution is -2.27. The maximum absolute atomic E-state index is 11.1. The van der Waals surface area contributed by atoms with Gasteiger partial charge in [-0.3, -0.25) is 0 Å². The van der Waals surface area contributed by atoms with E-state index >= 15 is 0 Å². The molecule has 0 bridgehead atoms. The molecule has 0 amide bonds. The van der Waals surface area contributed by atoms with Gasteiger partial charge >= 0.3 is 5.97 Å². The molecule has 1 N–H and O–H groups in total. The lowest BCUT2D eigenvalue weighted by Gasteiger charge is -2.32. The van der Waals surface area contributed by atoms with Gasteiger partial charge in [0.2, 0.25) is 0 Å². The Labute approximate surface area is 175 Å². The Morgan fingerprint density at radius 3 is 1.90 bits per heavy atom. The first kappa shape index (κ1) is 21.4. The van der Waals surface area contributed by atoms with Crippen LogP contribution >= 0.6 is 0 Å². The highest BCUT2D eigenvalue weighted by atomic mass is 16.4. The summed E-state index contributed by atoms with van der Waals surface area (Å²) in [5.41, 5.74) is 7.53. The first-order valence-corrected chi connectivity index (χ1v) is 11.0. The van der Waals surface area contributed by atoms with Crippen LogP contribution in [0.15, 0.2) is 42.5 Å². The second-order valence-electron chi connectivity index (χ2n) is 8.67. The highest BCUT2D eigenvalue weighted by Gasteiger charge is 2.48. The van der Waals surface area contributed by atoms with Crippen LogP contribution in [0, 0.1) is 0 Å². The van der Waals surface area contributed by atoms with Crippen molar-refractivity contribution in [2.24, 2.45) is 0 Å². The monoisotopic (exact) mass is 390 g/mol. The van der Waals surface area contributed by atoms with Crippen LogP contribution < -0.4 is 0 Å². The van der Waals surface area contributed by atoms with Gasteiger partial charge in [0.1, 0.15) is 0 Å². The molecule has 154 valence electrons. The molecule has 0 saturated heterocycles. The van der Waals surface area contributed by atoms with E-state index in [0.717, 1.165) is 5.56 Å². The number of carboxylic acids is 1. The second kappa shape index (κ2) is 8.18. The zero-order valence-corrected chi connectivity index (χ0v) is 18.5. The van der Waals surface area contributed by atoms with Crippen molar-refractivity contribution < 1.29 is 9.90 Å². The summed E-state index contributed by atoms with van der Waals surface area (Å²) in [6, 6.07) is 14.2. The average molecular weight is 391 g/mol. The van der Waals surface area contributed by atoms with E-state index in [1.165, 1.54) is 43.2 Å². The second-order valence-corrected chi connectivity index (χ2v) is 8.67. The van der Waals surface area contributed by atoms with Crippen molar-refractivity contribution in [2.45, 2.75) is 77.6 Å². The van der Waals surface area contributed by atoms with Crippen molar-refractivity contribution in [1.82, 2.24) is 0 Å². The molecule has 2 nitrogen and oxygen atoms in total. The maximum atomic E-state index is 11.1. The fraction of sp³-hybridized carbons (Fsp3) is 0.444. The lowest BCUT2D eigenvalue weighted by molar-refractivity contribution is 0.0697.